The van der Waals surface area contributed by atoms with Crippen LogP contribution < -0.4 is 10.6 Å². The maximum Gasteiger partial charge on any atom is 0.408 e. The third-order valence-corrected chi connectivity index (χ3v) is 5.14. The highest BCUT2D eigenvalue weighted by Crippen LogP contribution is 2.19. The zero-order valence-electron chi connectivity index (χ0n) is 19.5. The van der Waals surface area contributed by atoms with Crippen molar-refractivity contribution >= 4 is 36.0 Å². The molecule has 7 nitrogen and oxygen atoms in total. The molecule has 2 rings (SSSR count). The van der Waals surface area contributed by atoms with Crippen molar-refractivity contribution in [2.45, 2.75) is 51.7 Å². The number of alkyl carbamates (subject to hydrolysis) is 1. The Kier molecular flexibility index (Phi) is 12.2. The number of aliphatic imine (C=N–C) groups is 1. The molecule has 0 bridgehead atoms. The lowest BCUT2D eigenvalue weighted by Crippen LogP contribution is -2.45. The number of carbonyl (C=O) groups is 1. The molecule has 1 aromatic rings. The minimum Gasteiger partial charge on any atom is -0.444 e. The van der Waals surface area contributed by atoms with Crippen LogP contribution in [0.5, 0.6) is 0 Å². The van der Waals surface area contributed by atoms with Crippen LogP contribution in [-0.2, 0) is 9.47 Å². The van der Waals surface area contributed by atoms with Crippen LogP contribution in [0.3, 0.4) is 0 Å². The highest BCUT2D eigenvalue weighted by molar-refractivity contribution is 14.0. The molecule has 1 fully saturated rings. The van der Waals surface area contributed by atoms with Crippen molar-refractivity contribution in [3.05, 3.63) is 35.9 Å². The summed E-state index contributed by atoms with van der Waals surface area (Å²) in [6.07, 6.45) is 2.96. The van der Waals surface area contributed by atoms with Crippen molar-refractivity contribution in [2.75, 3.05) is 40.4 Å². The molecule has 31 heavy (non-hydrogen) atoms. The Morgan fingerprint density at radius 1 is 1.26 bits per heavy atom. The minimum absolute atomic E-state index is 0. The number of ether oxygens (including phenoxy) is 2. The molecule has 0 radical (unpaired) electrons. The van der Waals surface area contributed by atoms with Gasteiger partial charge in [0.05, 0.1) is 6.04 Å². The number of halogens is 1. The van der Waals surface area contributed by atoms with Gasteiger partial charge in [-0.1, -0.05) is 30.3 Å². The molecule has 1 heterocycles. The normalized spacial score (nSPS) is 16.1. The van der Waals surface area contributed by atoms with Crippen molar-refractivity contribution in [2.24, 2.45) is 10.9 Å². The first-order chi connectivity index (χ1) is 14.3. The number of hydrogen-bond acceptors (Lipinski definition) is 4. The zero-order valence-corrected chi connectivity index (χ0v) is 21.8. The molecular formula is C23H39IN4O3. The van der Waals surface area contributed by atoms with E-state index in [-0.39, 0.29) is 30.0 Å². The molecule has 0 aromatic heterocycles. The summed E-state index contributed by atoms with van der Waals surface area (Å²) in [5.74, 6) is 1.53. The summed E-state index contributed by atoms with van der Waals surface area (Å²) in [6.45, 7) is 8.76. The first-order valence-corrected chi connectivity index (χ1v) is 10.8. The fourth-order valence-corrected chi connectivity index (χ4v) is 3.48. The maximum atomic E-state index is 12.4. The lowest BCUT2D eigenvalue weighted by atomic mass is 9.96. The number of guanidine groups is 1. The summed E-state index contributed by atoms with van der Waals surface area (Å²) in [7, 11) is 3.83. The standard InChI is InChI=1S/C23H38N4O3.HI/c1-23(2,3)30-22(28)26-20(19-9-7-6-8-10-19)17-25-21(24-4)27(5)14-11-18-12-15-29-16-13-18;/h6-10,18,20H,11-17H2,1-5H3,(H,24,25)(H,26,28);1H. The minimum atomic E-state index is -0.542. The second-order valence-corrected chi connectivity index (χ2v) is 8.80. The van der Waals surface area contributed by atoms with Crippen LogP contribution in [0.25, 0.3) is 0 Å². The highest BCUT2D eigenvalue weighted by atomic mass is 127. The van der Waals surface area contributed by atoms with E-state index in [0.717, 1.165) is 50.5 Å². The third kappa shape index (κ3) is 10.5. The average molecular weight is 546 g/mol. The molecule has 1 aliphatic rings. The van der Waals surface area contributed by atoms with Crippen LogP contribution in [0.2, 0.25) is 0 Å². The molecule has 1 atom stereocenters. The fourth-order valence-electron chi connectivity index (χ4n) is 3.48. The van der Waals surface area contributed by atoms with Crippen molar-refractivity contribution in [1.29, 1.82) is 0 Å². The van der Waals surface area contributed by atoms with E-state index in [2.05, 4.69) is 20.5 Å². The van der Waals surface area contributed by atoms with E-state index in [1.807, 2.05) is 58.2 Å². The van der Waals surface area contributed by atoms with Crippen molar-refractivity contribution in [3.63, 3.8) is 0 Å². The van der Waals surface area contributed by atoms with E-state index < -0.39 is 11.7 Å². The number of hydrogen-bond donors (Lipinski definition) is 2. The highest BCUT2D eigenvalue weighted by Gasteiger charge is 2.21. The van der Waals surface area contributed by atoms with Crippen molar-refractivity contribution in [3.8, 4) is 0 Å². The Morgan fingerprint density at radius 2 is 1.90 bits per heavy atom. The first kappa shape index (κ1) is 27.5. The summed E-state index contributed by atoms with van der Waals surface area (Å²) in [5.41, 5.74) is 0.468. The molecular weight excluding hydrogens is 507 g/mol. The van der Waals surface area contributed by atoms with Gasteiger partial charge in [0.15, 0.2) is 5.96 Å². The average Bonchev–Trinajstić information content (AvgIpc) is 2.72. The Labute approximate surface area is 204 Å². The van der Waals surface area contributed by atoms with E-state index in [0.29, 0.717) is 12.5 Å². The lowest BCUT2D eigenvalue weighted by Gasteiger charge is -2.28. The van der Waals surface area contributed by atoms with E-state index in [1.165, 1.54) is 0 Å². The molecule has 1 aliphatic heterocycles. The van der Waals surface area contributed by atoms with Gasteiger partial charge in [-0.3, -0.25) is 4.99 Å². The third-order valence-electron chi connectivity index (χ3n) is 5.14. The summed E-state index contributed by atoms with van der Waals surface area (Å²) >= 11 is 0. The quantitative estimate of drug-likeness (QED) is 0.305. The van der Waals surface area contributed by atoms with Gasteiger partial charge in [-0.25, -0.2) is 4.79 Å². The number of carbonyl (C=O) groups excluding carboxylic acids is 1. The predicted octanol–water partition coefficient (Wildman–Crippen LogP) is 4.19. The van der Waals surface area contributed by atoms with Gasteiger partial charge in [0.2, 0.25) is 0 Å². The van der Waals surface area contributed by atoms with Gasteiger partial charge in [0.1, 0.15) is 5.60 Å². The number of rotatable bonds is 7. The molecule has 1 amide bonds. The molecule has 0 aliphatic carbocycles. The molecule has 176 valence electrons. The SMILES string of the molecule is CN=C(NCC(NC(=O)OC(C)(C)C)c1ccccc1)N(C)CCC1CCOCC1.I. The number of nitrogens with zero attached hydrogens (tertiary/aromatic N) is 2. The molecule has 1 aromatic carbocycles. The monoisotopic (exact) mass is 546 g/mol. The van der Waals surface area contributed by atoms with Gasteiger partial charge in [-0.05, 0) is 51.5 Å². The number of nitrogens with one attached hydrogen (secondary N) is 2. The van der Waals surface area contributed by atoms with Crippen LogP contribution >= 0.6 is 24.0 Å². The van der Waals surface area contributed by atoms with E-state index >= 15 is 0 Å². The summed E-state index contributed by atoms with van der Waals surface area (Å²) in [5, 5.41) is 6.39. The van der Waals surface area contributed by atoms with Gasteiger partial charge < -0.3 is 25.0 Å². The molecule has 1 saturated heterocycles. The largest absolute Gasteiger partial charge is 0.444 e. The van der Waals surface area contributed by atoms with Gasteiger partial charge >= 0.3 is 6.09 Å². The number of benzene rings is 1. The Morgan fingerprint density at radius 3 is 2.48 bits per heavy atom. The van der Waals surface area contributed by atoms with Gasteiger partial charge in [0.25, 0.3) is 0 Å². The fraction of sp³-hybridized carbons (Fsp3) is 0.652. The number of amides is 1. The lowest BCUT2D eigenvalue weighted by molar-refractivity contribution is 0.0503. The topological polar surface area (TPSA) is 75.2 Å². The van der Waals surface area contributed by atoms with Crippen LogP contribution in [0, 0.1) is 5.92 Å². The summed E-state index contributed by atoms with van der Waals surface area (Å²) in [4.78, 5) is 18.9. The van der Waals surface area contributed by atoms with E-state index in [4.69, 9.17) is 9.47 Å². The van der Waals surface area contributed by atoms with Crippen LogP contribution in [0.15, 0.2) is 35.3 Å². The van der Waals surface area contributed by atoms with Gasteiger partial charge in [0, 0.05) is 40.4 Å². The summed E-state index contributed by atoms with van der Waals surface area (Å²) in [6, 6.07) is 9.66. The Hall–Kier alpha value is -1.55. The molecule has 0 saturated carbocycles. The first-order valence-electron chi connectivity index (χ1n) is 10.8. The maximum absolute atomic E-state index is 12.4. The molecule has 0 spiro atoms. The smallest absolute Gasteiger partial charge is 0.408 e. The second kappa shape index (κ2) is 13.8. The summed E-state index contributed by atoms with van der Waals surface area (Å²) < 4.78 is 10.9. The van der Waals surface area contributed by atoms with E-state index in [9.17, 15) is 4.79 Å². The van der Waals surface area contributed by atoms with Crippen LogP contribution in [0.1, 0.15) is 51.6 Å². The Bertz CT molecular complexity index is 673. The predicted molar refractivity (Wildman–Crippen MR) is 136 cm³/mol. The van der Waals surface area contributed by atoms with Crippen molar-refractivity contribution in [1.82, 2.24) is 15.5 Å². The van der Waals surface area contributed by atoms with Gasteiger partial charge in [-0.2, -0.15) is 0 Å². The molecule has 8 heteroatoms. The second-order valence-electron chi connectivity index (χ2n) is 8.80. The van der Waals surface area contributed by atoms with Crippen LogP contribution in [0.4, 0.5) is 4.79 Å². The Balaban J connectivity index is 0.00000480. The zero-order chi connectivity index (χ0) is 22.0. The van der Waals surface area contributed by atoms with Gasteiger partial charge in [-0.15, -0.1) is 24.0 Å². The van der Waals surface area contributed by atoms with E-state index in [1.54, 1.807) is 7.05 Å². The molecule has 2 N–H and O–H groups in total. The molecule has 1 unspecified atom stereocenters. The van der Waals surface area contributed by atoms with Crippen LogP contribution in [-0.4, -0.2) is 63.0 Å². The van der Waals surface area contributed by atoms with Crippen molar-refractivity contribution < 1.29 is 14.3 Å².